The summed E-state index contributed by atoms with van der Waals surface area (Å²) in [5.41, 5.74) is 1.58. The molecule has 21 heavy (non-hydrogen) atoms. The van der Waals surface area contributed by atoms with E-state index in [4.69, 9.17) is 0 Å². The van der Waals surface area contributed by atoms with Gasteiger partial charge in [0, 0.05) is 11.8 Å². The SMILES string of the molecule is Oc1ccc2c(ccc3ccccc32)c1-c1ccccn1. The van der Waals surface area contributed by atoms with Gasteiger partial charge in [0.1, 0.15) is 5.75 Å². The molecule has 0 saturated carbocycles. The molecule has 100 valence electrons. The quantitative estimate of drug-likeness (QED) is 0.506. The predicted molar refractivity (Wildman–Crippen MR) is 86.3 cm³/mol. The molecule has 2 heteroatoms. The molecule has 4 aromatic rings. The normalized spacial score (nSPS) is 11.0. The molecule has 0 saturated heterocycles. The van der Waals surface area contributed by atoms with Gasteiger partial charge in [-0.25, -0.2) is 0 Å². The second-order valence-electron chi connectivity index (χ2n) is 5.06. The molecule has 4 rings (SSSR count). The number of nitrogens with zero attached hydrogens (tertiary/aromatic N) is 1. The van der Waals surface area contributed by atoms with E-state index in [0.29, 0.717) is 0 Å². The number of phenols is 1. The first-order valence-electron chi connectivity index (χ1n) is 6.89. The number of aromatic nitrogens is 1. The fourth-order valence-electron chi connectivity index (χ4n) is 2.86. The Morgan fingerprint density at radius 2 is 1.48 bits per heavy atom. The van der Waals surface area contributed by atoms with E-state index in [9.17, 15) is 5.11 Å². The highest BCUT2D eigenvalue weighted by Crippen LogP contribution is 2.37. The summed E-state index contributed by atoms with van der Waals surface area (Å²) < 4.78 is 0. The Morgan fingerprint density at radius 1 is 0.667 bits per heavy atom. The lowest BCUT2D eigenvalue weighted by Crippen LogP contribution is -1.87. The average molecular weight is 271 g/mol. The number of rotatable bonds is 1. The molecule has 0 radical (unpaired) electrons. The van der Waals surface area contributed by atoms with Crippen LogP contribution in [0.4, 0.5) is 0 Å². The number of fused-ring (bicyclic) bond motifs is 3. The molecule has 1 aromatic heterocycles. The molecule has 0 atom stereocenters. The minimum absolute atomic E-state index is 0.261. The van der Waals surface area contributed by atoms with Crippen molar-refractivity contribution < 1.29 is 5.11 Å². The molecule has 0 unspecified atom stereocenters. The molecule has 0 spiro atoms. The maximum absolute atomic E-state index is 10.3. The maximum atomic E-state index is 10.3. The zero-order valence-electron chi connectivity index (χ0n) is 11.3. The molecule has 3 aromatic carbocycles. The topological polar surface area (TPSA) is 33.1 Å². The molecule has 0 fully saturated rings. The molecule has 2 nitrogen and oxygen atoms in total. The van der Waals surface area contributed by atoms with Crippen LogP contribution in [0.25, 0.3) is 32.8 Å². The fraction of sp³-hybridized carbons (Fsp3) is 0. The highest BCUT2D eigenvalue weighted by Gasteiger charge is 2.11. The standard InChI is InChI=1S/C19H13NO/c21-18-11-10-15-14-6-2-1-5-13(14)8-9-16(15)19(18)17-7-3-4-12-20-17/h1-12,21H. The van der Waals surface area contributed by atoms with Crippen molar-refractivity contribution >= 4 is 21.5 Å². The number of aromatic hydroxyl groups is 1. The summed E-state index contributed by atoms with van der Waals surface area (Å²) in [6.45, 7) is 0. The number of pyridine rings is 1. The molecule has 1 heterocycles. The monoisotopic (exact) mass is 271 g/mol. The van der Waals surface area contributed by atoms with Crippen molar-refractivity contribution in [2.75, 3.05) is 0 Å². The Kier molecular flexibility index (Phi) is 2.61. The van der Waals surface area contributed by atoms with Gasteiger partial charge in [-0.2, -0.15) is 0 Å². The number of hydrogen-bond donors (Lipinski definition) is 1. The van der Waals surface area contributed by atoms with E-state index in [2.05, 4.69) is 29.2 Å². The van der Waals surface area contributed by atoms with Crippen molar-refractivity contribution in [1.82, 2.24) is 4.98 Å². The van der Waals surface area contributed by atoms with Gasteiger partial charge >= 0.3 is 0 Å². The van der Waals surface area contributed by atoms with Crippen molar-refractivity contribution in [2.24, 2.45) is 0 Å². The zero-order chi connectivity index (χ0) is 14.2. The van der Waals surface area contributed by atoms with Crippen LogP contribution in [0.5, 0.6) is 5.75 Å². The van der Waals surface area contributed by atoms with E-state index in [1.165, 1.54) is 10.8 Å². The van der Waals surface area contributed by atoms with Crippen molar-refractivity contribution in [3.05, 3.63) is 72.9 Å². The molecule has 0 bridgehead atoms. The first-order chi connectivity index (χ1) is 10.3. The Morgan fingerprint density at radius 3 is 2.33 bits per heavy atom. The maximum Gasteiger partial charge on any atom is 0.125 e. The van der Waals surface area contributed by atoms with Gasteiger partial charge in [-0.3, -0.25) is 4.98 Å². The van der Waals surface area contributed by atoms with Crippen LogP contribution in [0.15, 0.2) is 72.9 Å². The van der Waals surface area contributed by atoms with Crippen LogP contribution in [-0.2, 0) is 0 Å². The molecular formula is C19H13NO. The summed E-state index contributed by atoms with van der Waals surface area (Å²) in [5, 5.41) is 14.8. The van der Waals surface area contributed by atoms with Gasteiger partial charge in [0.05, 0.1) is 5.69 Å². The van der Waals surface area contributed by atoms with Crippen LogP contribution < -0.4 is 0 Å². The third-order valence-electron chi connectivity index (χ3n) is 3.83. The van der Waals surface area contributed by atoms with Crippen molar-refractivity contribution in [2.45, 2.75) is 0 Å². The van der Waals surface area contributed by atoms with E-state index in [1.807, 2.05) is 36.4 Å². The van der Waals surface area contributed by atoms with Crippen molar-refractivity contribution in [3.8, 4) is 17.0 Å². The lowest BCUT2D eigenvalue weighted by Gasteiger charge is -2.10. The third kappa shape index (κ3) is 1.84. The highest BCUT2D eigenvalue weighted by atomic mass is 16.3. The Bertz CT molecular complexity index is 945. The van der Waals surface area contributed by atoms with Crippen molar-refractivity contribution in [3.63, 3.8) is 0 Å². The van der Waals surface area contributed by atoms with Gasteiger partial charge in [-0.1, -0.05) is 48.5 Å². The van der Waals surface area contributed by atoms with Crippen LogP contribution in [0, 0.1) is 0 Å². The minimum atomic E-state index is 0.261. The van der Waals surface area contributed by atoms with E-state index >= 15 is 0 Å². The van der Waals surface area contributed by atoms with Crippen LogP contribution >= 0.6 is 0 Å². The van der Waals surface area contributed by atoms with Crippen LogP contribution in [0.1, 0.15) is 0 Å². The largest absolute Gasteiger partial charge is 0.507 e. The lowest BCUT2D eigenvalue weighted by molar-refractivity contribution is 0.478. The van der Waals surface area contributed by atoms with Crippen molar-refractivity contribution in [1.29, 1.82) is 0 Å². The van der Waals surface area contributed by atoms with Crippen LogP contribution in [0.3, 0.4) is 0 Å². The molecule has 0 aliphatic heterocycles. The number of phenolic OH excluding ortho intramolecular Hbond substituents is 1. The van der Waals surface area contributed by atoms with E-state index in [-0.39, 0.29) is 5.75 Å². The average Bonchev–Trinajstić information content (AvgIpc) is 2.55. The van der Waals surface area contributed by atoms with Gasteiger partial charge in [0.25, 0.3) is 0 Å². The summed E-state index contributed by atoms with van der Waals surface area (Å²) in [7, 11) is 0. The van der Waals surface area contributed by atoms with Gasteiger partial charge in [-0.05, 0) is 39.7 Å². The minimum Gasteiger partial charge on any atom is -0.507 e. The molecule has 0 aliphatic rings. The van der Waals surface area contributed by atoms with Crippen LogP contribution in [0.2, 0.25) is 0 Å². The second-order valence-corrected chi connectivity index (χ2v) is 5.06. The predicted octanol–water partition coefficient (Wildman–Crippen LogP) is 4.76. The fourth-order valence-corrected chi connectivity index (χ4v) is 2.86. The molecular weight excluding hydrogens is 258 g/mol. The van der Waals surface area contributed by atoms with Gasteiger partial charge in [0.2, 0.25) is 0 Å². The smallest absolute Gasteiger partial charge is 0.125 e. The first-order valence-corrected chi connectivity index (χ1v) is 6.89. The zero-order valence-corrected chi connectivity index (χ0v) is 11.3. The summed E-state index contributed by atoms with van der Waals surface area (Å²) in [6.07, 6.45) is 1.74. The molecule has 0 aliphatic carbocycles. The molecule has 1 N–H and O–H groups in total. The summed E-state index contributed by atoms with van der Waals surface area (Å²) in [5.74, 6) is 0.261. The summed E-state index contributed by atoms with van der Waals surface area (Å²) in [4.78, 5) is 4.38. The van der Waals surface area contributed by atoms with E-state index < -0.39 is 0 Å². The third-order valence-corrected chi connectivity index (χ3v) is 3.83. The van der Waals surface area contributed by atoms with Crippen LogP contribution in [-0.4, -0.2) is 10.1 Å². The first kappa shape index (κ1) is 11.9. The van der Waals surface area contributed by atoms with Gasteiger partial charge in [-0.15, -0.1) is 0 Å². The number of hydrogen-bond acceptors (Lipinski definition) is 2. The van der Waals surface area contributed by atoms with E-state index in [1.54, 1.807) is 12.3 Å². The Hall–Kier alpha value is -2.87. The number of benzene rings is 3. The molecule has 0 amide bonds. The second kappa shape index (κ2) is 4.60. The summed E-state index contributed by atoms with van der Waals surface area (Å²) in [6, 6.07) is 21.9. The highest BCUT2D eigenvalue weighted by molar-refractivity contribution is 6.12. The van der Waals surface area contributed by atoms with Gasteiger partial charge < -0.3 is 5.11 Å². The Labute approximate surface area is 122 Å². The van der Waals surface area contributed by atoms with Gasteiger partial charge in [0.15, 0.2) is 0 Å². The Balaban J connectivity index is 2.16. The van der Waals surface area contributed by atoms with E-state index in [0.717, 1.165) is 22.0 Å². The summed E-state index contributed by atoms with van der Waals surface area (Å²) >= 11 is 0. The lowest BCUT2D eigenvalue weighted by atomic mass is 9.96.